The number of hydrogen-bond acceptors (Lipinski definition) is 3. The van der Waals surface area contributed by atoms with Gasteiger partial charge in [-0.2, -0.15) is 0 Å². The van der Waals surface area contributed by atoms with Crippen molar-refractivity contribution in [2.75, 3.05) is 0 Å². The van der Waals surface area contributed by atoms with Crippen molar-refractivity contribution in [3.05, 3.63) is 40.1 Å². The summed E-state index contributed by atoms with van der Waals surface area (Å²) in [5.74, 6) is -1.26. The van der Waals surface area contributed by atoms with Gasteiger partial charge in [0.15, 0.2) is 0 Å². The number of aromatic carboxylic acids is 1. The summed E-state index contributed by atoms with van der Waals surface area (Å²) in [6, 6.07) is 7.26. The maximum absolute atomic E-state index is 10.7. The lowest BCUT2D eigenvalue weighted by molar-refractivity contribution is 0.0652. The molecule has 0 fully saturated rings. The van der Waals surface area contributed by atoms with Crippen molar-refractivity contribution in [1.82, 2.24) is 5.16 Å². The minimum absolute atomic E-state index is 0.151. The number of carbonyl (C=O) groups is 1. The van der Waals surface area contributed by atoms with Gasteiger partial charge in [0.05, 0.1) is 0 Å². The normalized spacial score (nSPS) is 10.5. The fourth-order valence-corrected chi connectivity index (χ4v) is 1.96. The third-order valence-corrected chi connectivity index (χ3v) is 2.94. The number of hydrogen-bond donors (Lipinski definition) is 1. The Balaban J connectivity index is 2.51. The molecular formula is C12H10BrNO3. The van der Waals surface area contributed by atoms with E-state index in [1.807, 2.05) is 25.1 Å². The Hall–Kier alpha value is -1.62. The number of carboxylic acids is 1. The number of carboxylic acid groups (broad SMARTS) is 1. The van der Waals surface area contributed by atoms with Crippen LogP contribution in [0.4, 0.5) is 0 Å². The van der Waals surface area contributed by atoms with E-state index in [-0.39, 0.29) is 5.76 Å². The summed E-state index contributed by atoms with van der Waals surface area (Å²) in [4.78, 5) is 10.7. The van der Waals surface area contributed by atoms with Gasteiger partial charge in [-0.3, -0.25) is 0 Å². The number of nitrogens with zero attached hydrogens (tertiary/aromatic N) is 1. The third-order valence-electron chi connectivity index (χ3n) is 2.45. The van der Waals surface area contributed by atoms with E-state index in [0.29, 0.717) is 5.69 Å². The second kappa shape index (κ2) is 4.71. The molecule has 2 aromatic rings. The quantitative estimate of drug-likeness (QED) is 0.943. The molecule has 0 unspecified atom stereocenters. The molecular weight excluding hydrogens is 286 g/mol. The van der Waals surface area contributed by atoms with E-state index in [9.17, 15) is 4.79 Å². The van der Waals surface area contributed by atoms with E-state index < -0.39 is 5.97 Å². The van der Waals surface area contributed by atoms with Crippen molar-refractivity contribution in [1.29, 1.82) is 0 Å². The summed E-state index contributed by atoms with van der Waals surface area (Å²) in [6.07, 6.45) is 0.845. The maximum Gasteiger partial charge on any atom is 0.374 e. The number of aryl methyl sites for hydroxylation is 1. The van der Waals surface area contributed by atoms with Crippen LogP contribution in [0.3, 0.4) is 0 Å². The molecule has 5 heteroatoms. The van der Waals surface area contributed by atoms with Gasteiger partial charge in [0.1, 0.15) is 5.69 Å². The van der Waals surface area contributed by atoms with E-state index in [1.165, 1.54) is 6.07 Å². The van der Waals surface area contributed by atoms with Gasteiger partial charge in [0.2, 0.25) is 5.76 Å². The second-order valence-corrected chi connectivity index (χ2v) is 4.45. The zero-order valence-corrected chi connectivity index (χ0v) is 10.7. The zero-order chi connectivity index (χ0) is 12.4. The molecule has 2 rings (SSSR count). The standard InChI is InChI=1S/C12H10BrNO3/c1-2-7-3-4-8(13)5-9(7)10-6-11(12(15)16)17-14-10/h3-6H,2H2,1H3,(H,15,16). The molecule has 1 heterocycles. The van der Waals surface area contributed by atoms with Crippen molar-refractivity contribution in [3.8, 4) is 11.3 Å². The van der Waals surface area contributed by atoms with Gasteiger partial charge in [-0.1, -0.05) is 34.1 Å². The predicted molar refractivity (Wildman–Crippen MR) is 66.0 cm³/mol. The van der Waals surface area contributed by atoms with E-state index in [1.54, 1.807) is 0 Å². The minimum Gasteiger partial charge on any atom is -0.475 e. The Kier molecular flexibility index (Phi) is 3.28. The summed E-state index contributed by atoms with van der Waals surface area (Å²) in [6.45, 7) is 2.03. The van der Waals surface area contributed by atoms with Gasteiger partial charge in [-0.15, -0.1) is 0 Å². The van der Waals surface area contributed by atoms with Gasteiger partial charge in [-0.25, -0.2) is 4.79 Å². The number of aromatic nitrogens is 1. The van der Waals surface area contributed by atoms with Gasteiger partial charge in [0, 0.05) is 16.1 Å². The van der Waals surface area contributed by atoms with Crippen molar-refractivity contribution >= 4 is 21.9 Å². The average molecular weight is 296 g/mol. The van der Waals surface area contributed by atoms with Crippen LogP contribution in [-0.2, 0) is 6.42 Å². The third kappa shape index (κ3) is 2.39. The Morgan fingerprint density at radius 1 is 1.47 bits per heavy atom. The summed E-state index contributed by atoms with van der Waals surface area (Å²) >= 11 is 3.38. The molecule has 17 heavy (non-hydrogen) atoms. The van der Waals surface area contributed by atoms with Crippen LogP contribution in [0.2, 0.25) is 0 Å². The van der Waals surface area contributed by atoms with E-state index in [4.69, 9.17) is 9.63 Å². The van der Waals surface area contributed by atoms with Crippen molar-refractivity contribution < 1.29 is 14.4 Å². The second-order valence-electron chi connectivity index (χ2n) is 3.54. The Bertz CT molecular complexity index is 563. The number of rotatable bonds is 3. The number of halogens is 1. The van der Waals surface area contributed by atoms with Crippen molar-refractivity contribution in [2.24, 2.45) is 0 Å². The zero-order valence-electron chi connectivity index (χ0n) is 9.11. The van der Waals surface area contributed by atoms with Gasteiger partial charge >= 0.3 is 5.97 Å². The lowest BCUT2D eigenvalue weighted by atomic mass is 10.0. The van der Waals surface area contributed by atoms with Crippen LogP contribution in [0, 0.1) is 0 Å². The fourth-order valence-electron chi connectivity index (χ4n) is 1.60. The molecule has 1 N–H and O–H groups in total. The SMILES string of the molecule is CCc1ccc(Br)cc1-c1cc(C(=O)O)on1. The molecule has 0 saturated heterocycles. The fraction of sp³-hybridized carbons (Fsp3) is 0.167. The molecule has 88 valence electrons. The first kappa shape index (κ1) is 11.9. The monoisotopic (exact) mass is 295 g/mol. The van der Waals surface area contributed by atoms with Gasteiger partial charge in [0.25, 0.3) is 0 Å². The van der Waals surface area contributed by atoms with E-state index in [2.05, 4.69) is 21.1 Å². The lowest BCUT2D eigenvalue weighted by Gasteiger charge is -2.04. The molecule has 0 spiro atoms. The van der Waals surface area contributed by atoms with Gasteiger partial charge < -0.3 is 9.63 Å². The lowest BCUT2D eigenvalue weighted by Crippen LogP contribution is -1.92. The molecule has 1 aromatic carbocycles. The van der Waals surface area contributed by atoms with Crippen molar-refractivity contribution in [2.45, 2.75) is 13.3 Å². The molecule has 0 saturated carbocycles. The summed E-state index contributed by atoms with van der Waals surface area (Å²) < 4.78 is 5.68. The molecule has 1 aromatic heterocycles. The van der Waals surface area contributed by atoms with Crippen LogP contribution < -0.4 is 0 Å². The predicted octanol–water partition coefficient (Wildman–Crippen LogP) is 3.36. The van der Waals surface area contributed by atoms with Crippen LogP contribution >= 0.6 is 15.9 Å². The first-order valence-corrected chi connectivity index (χ1v) is 5.90. The summed E-state index contributed by atoms with van der Waals surface area (Å²) in [5.41, 5.74) is 2.53. The average Bonchev–Trinajstić information content (AvgIpc) is 2.78. The highest BCUT2D eigenvalue weighted by molar-refractivity contribution is 9.10. The van der Waals surface area contributed by atoms with Crippen LogP contribution in [-0.4, -0.2) is 16.2 Å². The summed E-state index contributed by atoms with van der Waals surface area (Å²) in [7, 11) is 0. The topological polar surface area (TPSA) is 63.3 Å². The van der Waals surface area contributed by atoms with Crippen LogP contribution in [0.5, 0.6) is 0 Å². The Morgan fingerprint density at radius 3 is 2.82 bits per heavy atom. The molecule has 4 nitrogen and oxygen atoms in total. The number of benzene rings is 1. The minimum atomic E-state index is -1.11. The van der Waals surface area contributed by atoms with Crippen molar-refractivity contribution in [3.63, 3.8) is 0 Å². The molecule has 0 aliphatic rings. The molecule has 0 amide bonds. The smallest absolute Gasteiger partial charge is 0.374 e. The highest BCUT2D eigenvalue weighted by atomic mass is 79.9. The molecule has 0 atom stereocenters. The summed E-state index contributed by atoms with van der Waals surface area (Å²) in [5, 5.41) is 12.6. The van der Waals surface area contributed by atoms with E-state index in [0.717, 1.165) is 22.0 Å². The largest absolute Gasteiger partial charge is 0.475 e. The molecule has 0 aliphatic carbocycles. The molecule has 0 radical (unpaired) electrons. The maximum atomic E-state index is 10.7. The Labute approximate surface area is 106 Å². The van der Waals surface area contributed by atoms with Crippen LogP contribution in [0.1, 0.15) is 23.0 Å². The molecule has 0 bridgehead atoms. The first-order valence-electron chi connectivity index (χ1n) is 5.10. The van der Waals surface area contributed by atoms with E-state index >= 15 is 0 Å². The highest BCUT2D eigenvalue weighted by Gasteiger charge is 2.14. The van der Waals surface area contributed by atoms with Gasteiger partial charge in [-0.05, 0) is 24.1 Å². The molecule has 0 aliphatic heterocycles. The van der Waals surface area contributed by atoms with Crippen LogP contribution in [0.15, 0.2) is 33.3 Å². The highest BCUT2D eigenvalue weighted by Crippen LogP contribution is 2.27. The Morgan fingerprint density at radius 2 is 2.24 bits per heavy atom. The van der Waals surface area contributed by atoms with Crippen LogP contribution in [0.25, 0.3) is 11.3 Å². The first-order chi connectivity index (χ1) is 8.11.